The highest BCUT2D eigenvalue weighted by Gasteiger charge is 2.65. The summed E-state index contributed by atoms with van der Waals surface area (Å²) >= 11 is 3.65. The summed E-state index contributed by atoms with van der Waals surface area (Å²) in [6, 6.07) is 2.63. The number of nitrogens with zero attached hydrogens (tertiary/aromatic N) is 1. The second-order valence-electron chi connectivity index (χ2n) is 9.62. The van der Waals surface area contributed by atoms with Crippen LogP contribution in [0.25, 0.3) is 0 Å². The number of carboxylic acid groups (broad SMARTS) is 1. The minimum absolute atomic E-state index is 0.190. The Morgan fingerprint density at radius 2 is 1.87 bits per heavy atom. The zero-order chi connectivity index (χ0) is 28.4. The van der Waals surface area contributed by atoms with Gasteiger partial charge in [-0.1, -0.05) is 12.1 Å². The second-order valence-corrected chi connectivity index (χ2v) is 9.98. The number of likely N-dealkylation sites (N-methyl/N-ethyl adjacent to an activating group) is 1. The predicted octanol–water partition coefficient (Wildman–Crippen LogP) is 0.341. The Hall–Kier alpha value is -3.29. The Bertz CT molecular complexity index is 1140. The van der Waals surface area contributed by atoms with Crippen molar-refractivity contribution in [3.8, 4) is 11.5 Å². The second kappa shape index (κ2) is 11.6. The molecular weight excluding hydrogens is 516 g/mol. The Balaban J connectivity index is 0.000000310. The Kier molecular flexibility index (Phi) is 8.95. The Morgan fingerprint density at radius 1 is 1.21 bits per heavy atom. The number of benzene rings is 1. The third kappa shape index (κ3) is 5.59. The number of urea groups is 1. The number of amides is 2. The third-order valence-corrected chi connectivity index (χ3v) is 7.58. The van der Waals surface area contributed by atoms with Gasteiger partial charge in [0.05, 0.1) is 0 Å². The summed E-state index contributed by atoms with van der Waals surface area (Å²) < 4.78 is 17.5. The van der Waals surface area contributed by atoms with E-state index >= 15 is 0 Å². The first-order valence-electron chi connectivity index (χ1n) is 12.0. The van der Waals surface area contributed by atoms with Crippen LogP contribution in [0.4, 0.5) is 4.79 Å². The van der Waals surface area contributed by atoms with Crippen LogP contribution in [0.2, 0.25) is 0 Å². The first-order chi connectivity index (χ1) is 17.8. The van der Waals surface area contributed by atoms with E-state index < -0.39 is 24.1 Å². The molecule has 7 N–H and O–H groups in total. The number of aliphatic carboxylic acids is 1. The average Bonchev–Trinajstić information content (AvgIpc) is 3.18. The first kappa shape index (κ1) is 29.3. The average molecular weight is 551 g/mol. The smallest absolute Gasteiger partial charge is 0.321 e. The molecule has 2 aliphatic carbocycles. The standard InChI is InChI=1S/C21H23NO5.C3H7NO2S.CH4N2O/c1-11(23)25-16-6-4-13-10-15-14-5-7-17(26-12(2)24)20-21(14,8-9-22(15)3)18(13)19(16)27-20;4-2(1-7)3(5)6;2-1(3)4/h4-7,14-15,17,20H,8-10H2,1-3H3;2,7H,1,4H2,(H,5,6);(H4,2,3,4)/t14-,15+,17-,20-,21-;;/m0../s1. The highest BCUT2D eigenvalue weighted by atomic mass is 32.1. The number of nitrogens with two attached hydrogens (primary N) is 3. The van der Waals surface area contributed by atoms with E-state index in [0.717, 1.165) is 24.9 Å². The van der Waals surface area contributed by atoms with E-state index in [2.05, 4.69) is 48.2 Å². The largest absolute Gasteiger partial charge is 0.481 e. The maximum atomic E-state index is 11.7. The SMILES string of the molecule is CC(=O)Oc1ccc2c3c1O[C@H]1[C@@H](OC(C)=O)C=C[C@H]4[C@@H](C2)N(C)CC[C@@]341.NC(CS)C(=O)O.NC(N)=O. The van der Waals surface area contributed by atoms with E-state index in [1.165, 1.54) is 19.4 Å². The van der Waals surface area contributed by atoms with E-state index in [0.29, 0.717) is 17.5 Å². The zero-order valence-corrected chi connectivity index (χ0v) is 22.4. The van der Waals surface area contributed by atoms with Crippen LogP contribution in [0.15, 0.2) is 24.3 Å². The molecule has 2 amide bonds. The molecule has 1 fully saturated rings. The van der Waals surface area contributed by atoms with Gasteiger partial charge in [-0.25, -0.2) is 4.79 Å². The van der Waals surface area contributed by atoms with E-state index in [-0.39, 0.29) is 35.1 Å². The topological polar surface area (TPSA) is 198 Å². The summed E-state index contributed by atoms with van der Waals surface area (Å²) in [7, 11) is 2.17. The van der Waals surface area contributed by atoms with Gasteiger partial charge in [0.2, 0.25) is 0 Å². The first-order valence-corrected chi connectivity index (χ1v) is 12.7. The van der Waals surface area contributed by atoms with Crippen molar-refractivity contribution in [1.82, 2.24) is 4.90 Å². The summed E-state index contributed by atoms with van der Waals surface area (Å²) in [4.78, 5) is 44.4. The molecule has 6 atom stereocenters. The summed E-state index contributed by atoms with van der Waals surface area (Å²) in [5.41, 5.74) is 15.6. The number of hydrogen-bond acceptors (Lipinski definition) is 10. The fourth-order valence-electron chi connectivity index (χ4n) is 5.82. The molecule has 1 aromatic carbocycles. The fraction of sp³-hybridized carbons (Fsp3) is 0.520. The van der Waals surface area contributed by atoms with Crippen LogP contribution in [-0.2, 0) is 31.0 Å². The van der Waals surface area contributed by atoms with Gasteiger partial charge in [-0.3, -0.25) is 14.4 Å². The van der Waals surface area contributed by atoms with Crippen LogP contribution in [-0.4, -0.2) is 77.6 Å². The Morgan fingerprint density at radius 3 is 2.39 bits per heavy atom. The number of esters is 2. The van der Waals surface area contributed by atoms with Gasteiger partial charge in [-0.05, 0) is 44.1 Å². The summed E-state index contributed by atoms with van der Waals surface area (Å²) in [6.07, 6.45) is 5.31. The number of carbonyl (C=O) groups excluding carboxylic acids is 3. The lowest BCUT2D eigenvalue weighted by Crippen LogP contribution is -2.65. The minimum Gasteiger partial charge on any atom is -0.481 e. The number of primary amides is 2. The van der Waals surface area contributed by atoms with E-state index in [4.69, 9.17) is 29.8 Å². The van der Waals surface area contributed by atoms with Gasteiger partial charge < -0.3 is 41.4 Å². The van der Waals surface area contributed by atoms with Crippen LogP contribution in [0.5, 0.6) is 11.5 Å². The summed E-state index contributed by atoms with van der Waals surface area (Å²) in [5, 5.41) is 8.01. The normalized spacial score (nSPS) is 28.1. The van der Waals surface area contributed by atoms with Crippen molar-refractivity contribution in [2.24, 2.45) is 23.1 Å². The number of rotatable bonds is 4. The molecule has 4 aliphatic rings. The van der Waals surface area contributed by atoms with Crippen molar-refractivity contribution in [3.63, 3.8) is 0 Å². The fourth-order valence-corrected chi connectivity index (χ4v) is 5.97. The van der Waals surface area contributed by atoms with Crippen molar-refractivity contribution in [1.29, 1.82) is 0 Å². The Labute approximate surface area is 225 Å². The molecule has 2 bridgehead atoms. The van der Waals surface area contributed by atoms with Gasteiger partial charge >= 0.3 is 23.9 Å². The molecule has 1 unspecified atom stereocenters. The number of ether oxygens (including phenoxy) is 3. The lowest BCUT2D eigenvalue weighted by atomic mass is 9.53. The predicted molar refractivity (Wildman–Crippen MR) is 140 cm³/mol. The lowest BCUT2D eigenvalue weighted by molar-refractivity contribution is -0.152. The molecule has 13 heteroatoms. The number of carbonyl (C=O) groups is 4. The highest BCUT2D eigenvalue weighted by molar-refractivity contribution is 7.80. The molecule has 2 heterocycles. The summed E-state index contributed by atoms with van der Waals surface area (Å²) in [5.74, 6) is -0.103. The molecule has 12 nitrogen and oxygen atoms in total. The molecular formula is C25H34N4O8S. The number of hydrogen-bond donors (Lipinski definition) is 5. The van der Waals surface area contributed by atoms with Crippen molar-refractivity contribution >= 4 is 36.6 Å². The van der Waals surface area contributed by atoms with Crippen LogP contribution in [0.1, 0.15) is 31.4 Å². The maximum absolute atomic E-state index is 11.7. The van der Waals surface area contributed by atoms with Crippen LogP contribution in [0, 0.1) is 5.92 Å². The molecule has 5 rings (SSSR count). The zero-order valence-electron chi connectivity index (χ0n) is 21.5. The van der Waals surface area contributed by atoms with Crippen LogP contribution >= 0.6 is 12.6 Å². The minimum atomic E-state index is -1.00. The van der Waals surface area contributed by atoms with Gasteiger partial charge in [0.15, 0.2) is 17.6 Å². The third-order valence-electron chi connectivity index (χ3n) is 7.18. The molecule has 0 aromatic heterocycles. The molecule has 2 aliphatic heterocycles. The number of piperidine rings is 1. The number of likely N-dealkylation sites (tertiary alicyclic amines) is 1. The molecule has 1 saturated heterocycles. The van der Waals surface area contributed by atoms with Crippen molar-refractivity contribution in [2.45, 2.75) is 56.4 Å². The van der Waals surface area contributed by atoms with Gasteiger partial charge in [0, 0.05) is 42.5 Å². The van der Waals surface area contributed by atoms with Gasteiger partial charge in [0.1, 0.15) is 12.1 Å². The molecule has 0 saturated carbocycles. The van der Waals surface area contributed by atoms with Crippen molar-refractivity contribution in [2.75, 3.05) is 19.3 Å². The van der Waals surface area contributed by atoms with Crippen LogP contribution in [0.3, 0.4) is 0 Å². The number of carboxylic acids is 1. The molecule has 208 valence electrons. The van der Waals surface area contributed by atoms with Gasteiger partial charge in [0.25, 0.3) is 0 Å². The van der Waals surface area contributed by atoms with Crippen molar-refractivity contribution < 1.29 is 38.5 Å². The van der Waals surface area contributed by atoms with E-state index in [1.807, 2.05) is 12.1 Å². The number of thiol groups is 1. The van der Waals surface area contributed by atoms with Crippen molar-refractivity contribution in [3.05, 3.63) is 35.4 Å². The molecule has 1 spiro atoms. The summed E-state index contributed by atoms with van der Waals surface area (Å²) in [6.45, 7) is 3.77. The van der Waals surface area contributed by atoms with E-state index in [9.17, 15) is 14.4 Å². The molecule has 0 radical (unpaired) electrons. The van der Waals surface area contributed by atoms with Gasteiger partial charge in [-0.2, -0.15) is 12.6 Å². The quantitative estimate of drug-likeness (QED) is 0.151. The molecule has 1 aromatic rings. The maximum Gasteiger partial charge on any atom is 0.321 e. The highest BCUT2D eigenvalue weighted by Crippen LogP contribution is 2.62. The lowest BCUT2D eigenvalue weighted by Gasteiger charge is -2.56. The van der Waals surface area contributed by atoms with E-state index in [1.54, 1.807) is 0 Å². The monoisotopic (exact) mass is 550 g/mol. The van der Waals surface area contributed by atoms with Gasteiger partial charge in [-0.15, -0.1) is 0 Å². The van der Waals surface area contributed by atoms with Crippen LogP contribution < -0.4 is 26.7 Å². The molecule has 38 heavy (non-hydrogen) atoms.